The molecule has 1 N–H and O–H groups in total. The average Bonchev–Trinajstić information content (AvgIpc) is 2.64. The van der Waals surface area contributed by atoms with Crippen molar-refractivity contribution in [2.45, 2.75) is 20.8 Å². The Morgan fingerprint density at radius 3 is 2.31 bits per heavy atom. The van der Waals surface area contributed by atoms with Gasteiger partial charge in [-0.2, -0.15) is 0 Å². The third-order valence-corrected chi connectivity index (χ3v) is 4.24. The lowest BCUT2D eigenvalue weighted by atomic mass is 10.1. The fourth-order valence-electron chi connectivity index (χ4n) is 2.97. The molecule has 0 aliphatic rings. The molecule has 0 saturated carbocycles. The molecule has 26 heavy (non-hydrogen) atoms. The van der Waals surface area contributed by atoms with Crippen LogP contribution in [0.5, 0.6) is 0 Å². The summed E-state index contributed by atoms with van der Waals surface area (Å²) in [6.07, 6.45) is 1.60. The fourth-order valence-corrected chi connectivity index (χ4v) is 2.97. The Hall–Kier alpha value is -3.21. The summed E-state index contributed by atoms with van der Waals surface area (Å²) in [5.41, 5.74) is 5.57. The molecule has 0 radical (unpaired) electrons. The zero-order chi connectivity index (χ0) is 18.7. The van der Waals surface area contributed by atoms with Gasteiger partial charge in [0.05, 0.1) is 0 Å². The van der Waals surface area contributed by atoms with Crippen molar-refractivity contribution in [2.24, 2.45) is 0 Å². The van der Waals surface area contributed by atoms with Crippen LogP contribution < -0.4 is 10.2 Å². The summed E-state index contributed by atoms with van der Waals surface area (Å²) >= 11 is 0. The van der Waals surface area contributed by atoms with Crippen LogP contribution in [0.3, 0.4) is 0 Å². The Morgan fingerprint density at radius 1 is 1.00 bits per heavy atom. The van der Waals surface area contributed by atoms with Crippen LogP contribution in [0, 0.1) is 20.8 Å². The van der Waals surface area contributed by atoms with Crippen molar-refractivity contribution in [3.05, 3.63) is 77.1 Å². The van der Waals surface area contributed by atoms with Gasteiger partial charge in [0.1, 0.15) is 5.69 Å². The third kappa shape index (κ3) is 3.72. The van der Waals surface area contributed by atoms with Gasteiger partial charge in [-0.3, -0.25) is 4.79 Å². The van der Waals surface area contributed by atoms with E-state index in [0.29, 0.717) is 11.6 Å². The normalized spacial score (nSPS) is 10.5. The molecule has 1 aromatic heterocycles. The molecule has 1 amide bonds. The van der Waals surface area contributed by atoms with Crippen LogP contribution in [0.2, 0.25) is 0 Å². The summed E-state index contributed by atoms with van der Waals surface area (Å²) in [6.45, 7) is 6.15. The third-order valence-electron chi connectivity index (χ3n) is 4.24. The molecule has 1 heterocycles. The van der Waals surface area contributed by atoms with Crippen molar-refractivity contribution in [2.75, 3.05) is 17.3 Å². The lowest BCUT2D eigenvalue weighted by Crippen LogP contribution is -2.27. The Balaban J connectivity index is 1.86. The minimum absolute atomic E-state index is 0.181. The van der Waals surface area contributed by atoms with Crippen LogP contribution in [0.4, 0.5) is 17.3 Å². The van der Waals surface area contributed by atoms with Gasteiger partial charge in [0, 0.05) is 24.6 Å². The number of hydrogen-bond donors (Lipinski definition) is 1. The zero-order valence-corrected chi connectivity index (χ0v) is 15.4. The Morgan fingerprint density at radius 2 is 1.65 bits per heavy atom. The summed E-state index contributed by atoms with van der Waals surface area (Å²) in [7, 11) is 1.74. The summed E-state index contributed by atoms with van der Waals surface area (Å²) < 4.78 is 0. The van der Waals surface area contributed by atoms with Crippen LogP contribution >= 0.6 is 0 Å². The number of hydrogen-bond acceptors (Lipinski definition) is 4. The first-order valence-electron chi connectivity index (χ1n) is 8.46. The van der Waals surface area contributed by atoms with Crippen LogP contribution in [0.1, 0.15) is 27.2 Å². The minimum atomic E-state index is -0.181. The van der Waals surface area contributed by atoms with Crippen molar-refractivity contribution in [3.8, 4) is 0 Å². The molecule has 0 saturated heterocycles. The predicted octanol–water partition coefficient (Wildman–Crippen LogP) is 4.42. The van der Waals surface area contributed by atoms with Gasteiger partial charge in [-0.25, -0.2) is 9.97 Å². The average molecular weight is 346 g/mol. The maximum Gasteiger partial charge on any atom is 0.276 e. The van der Waals surface area contributed by atoms with E-state index in [9.17, 15) is 4.79 Å². The van der Waals surface area contributed by atoms with Gasteiger partial charge < -0.3 is 10.2 Å². The molecule has 3 aromatic rings. The number of rotatable bonds is 4. The van der Waals surface area contributed by atoms with Crippen molar-refractivity contribution < 1.29 is 4.79 Å². The second-order valence-corrected chi connectivity index (χ2v) is 6.36. The van der Waals surface area contributed by atoms with Crippen molar-refractivity contribution in [1.29, 1.82) is 0 Å². The number of carbonyl (C=O) groups is 1. The maximum atomic E-state index is 12.7. The molecule has 0 atom stereocenters. The largest absolute Gasteiger partial charge is 0.324 e. The predicted molar refractivity (Wildman–Crippen MR) is 105 cm³/mol. The van der Waals surface area contributed by atoms with E-state index in [-0.39, 0.29) is 5.91 Å². The highest BCUT2D eigenvalue weighted by atomic mass is 16.2. The van der Waals surface area contributed by atoms with Gasteiger partial charge in [-0.1, -0.05) is 35.9 Å². The summed E-state index contributed by atoms with van der Waals surface area (Å²) in [5, 5.41) is 3.25. The highest BCUT2D eigenvalue weighted by molar-refractivity contribution is 6.04. The van der Waals surface area contributed by atoms with Gasteiger partial charge in [-0.15, -0.1) is 0 Å². The SMILES string of the molecule is Cc1cc(C)c(Nc2nccc(C(=O)N(C)c3ccccc3)n2)c(C)c1. The lowest BCUT2D eigenvalue weighted by molar-refractivity contribution is 0.0988. The van der Waals surface area contributed by atoms with E-state index < -0.39 is 0 Å². The number of amides is 1. The molecule has 0 fully saturated rings. The van der Waals surface area contributed by atoms with Gasteiger partial charge in [0.15, 0.2) is 0 Å². The first kappa shape index (κ1) is 17.6. The number of aryl methyl sites for hydroxylation is 3. The number of para-hydroxylation sites is 1. The Labute approximate surface area is 153 Å². The maximum absolute atomic E-state index is 12.7. The van der Waals surface area contributed by atoms with E-state index >= 15 is 0 Å². The smallest absolute Gasteiger partial charge is 0.276 e. The van der Waals surface area contributed by atoms with Crippen molar-refractivity contribution >= 4 is 23.2 Å². The number of nitrogens with zero attached hydrogens (tertiary/aromatic N) is 3. The molecule has 0 spiro atoms. The molecule has 5 nitrogen and oxygen atoms in total. The molecule has 5 heteroatoms. The number of nitrogens with one attached hydrogen (secondary N) is 1. The van der Waals surface area contributed by atoms with Gasteiger partial charge in [0.25, 0.3) is 5.91 Å². The first-order valence-corrected chi connectivity index (χ1v) is 8.46. The molecule has 0 bridgehead atoms. The fraction of sp³-hybridized carbons (Fsp3) is 0.190. The minimum Gasteiger partial charge on any atom is -0.324 e. The van der Waals surface area contributed by atoms with Crippen molar-refractivity contribution in [3.63, 3.8) is 0 Å². The van der Waals surface area contributed by atoms with Crippen molar-refractivity contribution in [1.82, 2.24) is 9.97 Å². The molecule has 0 aliphatic carbocycles. The van der Waals surface area contributed by atoms with E-state index in [0.717, 1.165) is 22.5 Å². The molecule has 3 rings (SSSR count). The monoisotopic (exact) mass is 346 g/mol. The number of aromatic nitrogens is 2. The summed E-state index contributed by atoms with van der Waals surface area (Å²) in [5.74, 6) is 0.228. The summed E-state index contributed by atoms with van der Waals surface area (Å²) in [6, 6.07) is 15.3. The number of anilines is 3. The van der Waals surface area contributed by atoms with Gasteiger partial charge in [0.2, 0.25) is 5.95 Å². The van der Waals surface area contributed by atoms with Crippen LogP contribution in [0.25, 0.3) is 0 Å². The van der Waals surface area contributed by atoms with E-state index in [1.165, 1.54) is 5.56 Å². The Bertz CT molecular complexity index is 915. The molecule has 132 valence electrons. The van der Waals surface area contributed by atoms with Gasteiger partial charge >= 0.3 is 0 Å². The summed E-state index contributed by atoms with van der Waals surface area (Å²) in [4.78, 5) is 23.0. The van der Waals surface area contributed by atoms with Crippen LogP contribution in [-0.2, 0) is 0 Å². The standard InChI is InChI=1S/C21H22N4O/c1-14-12-15(2)19(16(3)13-14)24-21-22-11-10-18(23-21)20(26)25(4)17-8-6-5-7-9-17/h5-13H,1-4H3,(H,22,23,24). The highest BCUT2D eigenvalue weighted by Crippen LogP contribution is 2.24. The van der Waals surface area contributed by atoms with E-state index in [1.54, 1.807) is 24.2 Å². The molecular formula is C21H22N4O. The molecule has 0 unspecified atom stereocenters. The lowest BCUT2D eigenvalue weighted by Gasteiger charge is -2.17. The Kier molecular flexibility index (Phi) is 4.98. The topological polar surface area (TPSA) is 58.1 Å². The van der Waals surface area contributed by atoms with E-state index in [4.69, 9.17) is 0 Å². The van der Waals surface area contributed by atoms with Crippen LogP contribution in [0.15, 0.2) is 54.7 Å². The highest BCUT2D eigenvalue weighted by Gasteiger charge is 2.16. The van der Waals surface area contributed by atoms with Crippen LogP contribution in [-0.4, -0.2) is 22.9 Å². The van der Waals surface area contributed by atoms with E-state index in [1.807, 2.05) is 44.2 Å². The zero-order valence-electron chi connectivity index (χ0n) is 15.4. The quantitative estimate of drug-likeness (QED) is 0.759. The first-order chi connectivity index (χ1) is 12.5. The van der Waals surface area contributed by atoms with E-state index in [2.05, 4.69) is 34.3 Å². The molecular weight excluding hydrogens is 324 g/mol. The number of carbonyl (C=O) groups excluding carboxylic acids is 1. The second-order valence-electron chi connectivity index (χ2n) is 6.36. The molecule has 0 aliphatic heterocycles. The number of benzene rings is 2. The van der Waals surface area contributed by atoms with Gasteiger partial charge in [-0.05, 0) is 50.1 Å². The molecule has 2 aromatic carbocycles. The second kappa shape index (κ2) is 7.35.